The van der Waals surface area contributed by atoms with Crippen LogP contribution in [0.3, 0.4) is 0 Å². The van der Waals surface area contributed by atoms with E-state index < -0.39 is 5.97 Å². The molecule has 2 bridgehead atoms. The molecular formula is C35H44N6O3. The number of carbonyl (C=O) groups is 1. The molecule has 1 N–H and O–H groups in total. The van der Waals surface area contributed by atoms with Crippen molar-refractivity contribution in [3.63, 3.8) is 0 Å². The van der Waals surface area contributed by atoms with Crippen LogP contribution in [0.2, 0.25) is 0 Å². The monoisotopic (exact) mass is 596 g/mol. The zero-order chi connectivity index (χ0) is 30.6. The van der Waals surface area contributed by atoms with Crippen LogP contribution in [0.25, 0.3) is 11.1 Å². The minimum atomic E-state index is -0.817. The highest BCUT2D eigenvalue weighted by Gasteiger charge is 2.35. The number of ether oxygens (including phenoxy) is 1. The molecule has 44 heavy (non-hydrogen) atoms. The van der Waals surface area contributed by atoms with E-state index in [0.717, 1.165) is 117 Å². The molecule has 6 heterocycles. The molecule has 0 radical (unpaired) electrons. The third-order valence-electron chi connectivity index (χ3n) is 10.2. The molecule has 232 valence electrons. The number of carboxylic acids is 1. The van der Waals surface area contributed by atoms with E-state index in [2.05, 4.69) is 58.7 Å². The van der Waals surface area contributed by atoms with Crippen molar-refractivity contribution in [3.05, 3.63) is 58.5 Å². The molecule has 9 nitrogen and oxygen atoms in total. The molecule has 9 heteroatoms. The summed E-state index contributed by atoms with van der Waals surface area (Å²) in [5, 5.41) is 9.85. The topological polar surface area (TPSA) is 94.9 Å². The summed E-state index contributed by atoms with van der Waals surface area (Å²) in [6.07, 6.45) is 7.79. The fraction of sp³-hybridized carbons (Fsp3) is 0.543. The molecule has 0 aliphatic carbocycles. The first kappa shape index (κ1) is 29.0. The van der Waals surface area contributed by atoms with Crippen molar-refractivity contribution in [2.45, 2.75) is 85.0 Å². The lowest BCUT2D eigenvalue weighted by Crippen LogP contribution is -2.43. The van der Waals surface area contributed by atoms with E-state index in [-0.39, 0.29) is 6.42 Å². The predicted molar refractivity (Wildman–Crippen MR) is 173 cm³/mol. The van der Waals surface area contributed by atoms with E-state index in [1.165, 1.54) is 11.1 Å². The third-order valence-corrected chi connectivity index (χ3v) is 10.2. The number of aryl methyl sites for hydroxylation is 2. The minimum Gasteiger partial charge on any atom is -0.481 e. The van der Waals surface area contributed by atoms with Crippen LogP contribution in [-0.4, -0.2) is 71.0 Å². The van der Waals surface area contributed by atoms with Crippen molar-refractivity contribution in [2.75, 3.05) is 47.4 Å². The number of aliphatic carboxylic acids is 1. The van der Waals surface area contributed by atoms with Crippen LogP contribution in [0.5, 0.6) is 0 Å². The van der Waals surface area contributed by atoms with Crippen LogP contribution in [0.15, 0.2) is 30.5 Å². The molecule has 4 aliphatic rings. The van der Waals surface area contributed by atoms with Gasteiger partial charge < -0.3 is 24.5 Å². The number of nitrogens with zero attached hydrogens (tertiary/aromatic N) is 6. The van der Waals surface area contributed by atoms with Gasteiger partial charge in [-0.25, -0.2) is 4.98 Å². The zero-order valence-corrected chi connectivity index (χ0v) is 26.5. The maximum absolute atomic E-state index is 12.0. The summed E-state index contributed by atoms with van der Waals surface area (Å²) in [4.78, 5) is 33.6. The number of anilines is 3. The molecule has 1 aromatic carbocycles. The van der Waals surface area contributed by atoms with Crippen molar-refractivity contribution in [1.82, 2.24) is 15.0 Å². The van der Waals surface area contributed by atoms with Crippen LogP contribution in [0.1, 0.15) is 67.6 Å². The third kappa shape index (κ3) is 5.62. The van der Waals surface area contributed by atoms with Gasteiger partial charge in [-0.2, -0.15) is 4.98 Å². The van der Waals surface area contributed by atoms with Crippen LogP contribution in [0, 0.1) is 19.3 Å². The average Bonchev–Trinajstić information content (AvgIpc) is 3.34. The first-order chi connectivity index (χ1) is 21.1. The Kier molecular flexibility index (Phi) is 7.47. The van der Waals surface area contributed by atoms with Crippen molar-refractivity contribution in [1.29, 1.82) is 0 Å². The Labute approximate surface area is 260 Å². The first-order valence-corrected chi connectivity index (χ1v) is 16.2. The summed E-state index contributed by atoms with van der Waals surface area (Å²) in [5.41, 5.74) is 8.82. The lowest BCUT2D eigenvalue weighted by atomic mass is 9.82. The van der Waals surface area contributed by atoms with Gasteiger partial charge in [-0.1, -0.05) is 32.0 Å². The molecule has 4 aliphatic heterocycles. The highest BCUT2D eigenvalue weighted by Crippen LogP contribution is 2.42. The summed E-state index contributed by atoms with van der Waals surface area (Å²) in [7, 11) is 0. The van der Waals surface area contributed by atoms with Gasteiger partial charge in [-0.05, 0) is 74.1 Å². The maximum Gasteiger partial charge on any atom is 0.307 e. The quantitative estimate of drug-likeness (QED) is 0.405. The number of carboxylic acid groups (broad SMARTS) is 1. The van der Waals surface area contributed by atoms with E-state index in [0.29, 0.717) is 17.6 Å². The van der Waals surface area contributed by atoms with Gasteiger partial charge in [0.2, 0.25) is 5.95 Å². The lowest BCUT2D eigenvalue weighted by molar-refractivity contribution is -0.136. The van der Waals surface area contributed by atoms with Gasteiger partial charge in [-0.15, -0.1) is 0 Å². The van der Waals surface area contributed by atoms with Crippen LogP contribution < -0.4 is 14.7 Å². The Morgan fingerprint density at radius 1 is 0.955 bits per heavy atom. The second-order valence-corrected chi connectivity index (χ2v) is 13.9. The van der Waals surface area contributed by atoms with E-state index in [9.17, 15) is 9.90 Å². The number of morpholine rings is 1. The van der Waals surface area contributed by atoms with E-state index in [1.807, 2.05) is 19.2 Å². The van der Waals surface area contributed by atoms with Gasteiger partial charge >= 0.3 is 5.97 Å². The Bertz CT molecular complexity index is 1570. The SMILES string of the molecule is Cc1nc(C)c(-c2ccc3c(c2)CCN(c2ccnc(N4CC5CCC(C4)O5)n2)C3)c(N2CCC(C)(C)CC2)c1CC(=O)O. The standard InChI is InChI=1S/C35H44N6O3/c1-22-29(18-31(42)43)33(39-15-11-35(3,4)12-16-39)32(23(2)37-22)25-5-6-26-19-40(14-10-24(26)17-25)30-9-13-36-34(38-30)41-20-27-7-8-28(21-41)44-27/h5-6,9,13,17,27-28H,7-8,10-12,14-16,18-21H2,1-4H3,(H,42,43). The smallest absolute Gasteiger partial charge is 0.307 e. The summed E-state index contributed by atoms with van der Waals surface area (Å²) < 4.78 is 6.02. The molecule has 3 saturated heterocycles. The van der Waals surface area contributed by atoms with E-state index in [4.69, 9.17) is 14.7 Å². The van der Waals surface area contributed by atoms with Gasteiger partial charge in [0.25, 0.3) is 0 Å². The number of pyridine rings is 1. The highest BCUT2D eigenvalue weighted by molar-refractivity contribution is 5.86. The Hall–Kier alpha value is -3.72. The molecule has 0 saturated carbocycles. The normalized spacial score (nSPS) is 22.7. The van der Waals surface area contributed by atoms with Crippen LogP contribution >= 0.6 is 0 Å². The number of hydrogen-bond donors (Lipinski definition) is 1. The van der Waals surface area contributed by atoms with Crippen molar-refractivity contribution < 1.29 is 14.6 Å². The summed E-state index contributed by atoms with van der Waals surface area (Å²) in [5.74, 6) is 0.954. The summed E-state index contributed by atoms with van der Waals surface area (Å²) >= 11 is 0. The molecule has 3 fully saturated rings. The van der Waals surface area contributed by atoms with Crippen LogP contribution in [0.4, 0.5) is 17.5 Å². The number of rotatable bonds is 6. The number of benzene rings is 1. The molecule has 3 aromatic rings. The maximum atomic E-state index is 12.0. The second-order valence-electron chi connectivity index (χ2n) is 13.9. The largest absolute Gasteiger partial charge is 0.481 e. The molecule has 2 atom stereocenters. The van der Waals surface area contributed by atoms with Gasteiger partial charge in [0.05, 0.1) is 24.3 Å². The predicted octanol–water partition coefficient (Wildman–Crippen LogP) is 5.34. The Balaban J connectivity index is 1.18. The minimum absolute atomic E-state index is 0.0199. The fourth-order valence-electron chi connectivity index (χ4n) is 7.61. The number of hydrogen-bond acceptors (Lipinski definition) is 8. The van der Waals surface area contributed by atoms with Gasteiger partial charge in [0.15, 0.2) is 0 Å². The molecular weight excluding hydrogens is 552 g/mol. The average molecular weight is 597 g/mol. The van der Waals surface area contributed by atoms with Gasteiger partial charge in [-0.3, -0.25) is 9.78 Å². The molecule has 0 amide bonds. The Morgan fingerprint density at radius 3 is 2.43 bits per heavy atom. The summed E-state index contributed by atoms with van der Waals surface area (Å²) in [6, 6.07) is 8.80. The molecule has 2 aromatic heterocycles. The Morgan fingerprint density at radius 2 is 1.70 bits per heavy atom. The van der Waals surface area contributed by atoms with E-state index in [1.54, 1.807) is 0 Å². The van der Waals surface area contributed by atoms with Crippen molar-refractivity contribution >= 4 is 23.4 Å². The van der Waals surface area contributed by atoms with E-state index >= 15 is 0 Å². The van der Waals surface area contributed by atoms with Crippen molar-refractivity contribution in [3.8, 4) is 11.1 Å². The number of fused-ring (bicyclic) bond motifs is 3. The number of piperidine rings is 1. The zero-order valence-electron chi connectivity index (χ0n) is 26.5. The molecule has 2 unspecified atom stereocenters. The second kappa shape index (κ2) is 11.3. The number of aromatic nitrogens is 3. The first-order valence-electron chi connectivity index (χ1n) is 16.2. The van der Waals surface area contributed by atoms with Gasteiger partial charge in [0.1, 0.15) is 5.82 Å². The summed E-state index contributed by atoms with van der Waals surface area (Å²) in [6.45, 7) is 13.9. The molecule has 7 rings (SSSR count). The lowest BCUT2D eigenvalue weighted by Gasteiger charge is -2.40. The van der Waals surface area contributed by atoms with Crippen LogP contribution in [-0.2, 0) is 28.9 Å². The van der Waals surface area contributed by atoms with Crippen molar-refractivity contribution in [2.24, 2.45) is 5.41 Å². The molecule has 0 spiro atoms. The highest BCUT2D eigenvalue weighted by atomic mass is 16.5. The van der Waals surface area contributed by atoms with Gasteiger partial charge in [0, 0.05) is 68.0 Å². The fourth-order valence-corrected chi connectivity index (χ4v) is 7.61.